The van der Waals surface area contributed by atoms with Gasteiger partial charge in [-0.15, -0.1) is 0 Å². The average Bonchev–Trinajstić information content (AvgIpc) is 2.95. The first kappa shape index (κ1) is 18.2. The first-order valence-electron chi connectivity index (χ1n) is 9.17. The zero-order chi connectivity index (χ0) is 18.7. The van der Waals surface area contributed by atoms with Crippen LogP contribution in [0.25, 0.3) is 0 Å². The van der Waals surface area contributed by atoms with Gasteiger partial charge in [0.25, 0.3) is 0 Å². The second kappa shape index (κ2) is 7.73. The second-order valence-electron chi connectivity index (χ2n) is 7.06. The first-order chi connectivity index (χ1) is 12.5. The van der Waals surface area contributed by atoms with Crippen molar-refractivity contribution in [3.05, 3.63) is 65.2 Å². The predicted molar refractivity (Wildman–Crippen MR) is 104 cm³/mol. The van der Waals surface area contributed by atoms with Crippen molar-refractivity contribution < 1.29 is 9.59 Å². The van der Waals surface area contributed by atoms with Gasteiger partial charge in [0.1, 0.15) is 0 Å². The Balaban J connectivity index is 1.67. The smallest absolute Gasteiger partial charge is 0.229 e. The summed E-state index contributed by atoms with van der Waals surface area (Å²) in [6.07, 6.45) is 1.23. The molecule has 2 amide bonds. The highest BCUT2D eigenvalue weighted by Crippen LogP contribution is 2.32. The van der Waals surface area contributed by atoms with Gasteiger partial charge in [-0.2, -0.15) is 0 Å². The van der Waals surface area contributed by atoms with E-state index in [0.29, 0.717) is 19.5 Å². The number of hydrogen-bond donors (Lipinski definition) is 0. The van der Waals surface area contributed by atoms with Crippen molar-refractivity contribution in [2.75, 3.05) is 11.4 Å². The molecule has 0 saturated carbocycles. The molecule has 2 aromatic rings. The fraction of sp³-hybridized carbons (Fsp3) is 0.364. The number of carbonyl (C=O) groups excluding carboxylic acids is 2. The highest BCUT2D eigenvalue weighted by molar-refractivity contribution is 5.96. The van der Waals surface area contributed by atoms with E-state index in [1.54, 1.807) is 11.8 Å². The van der Waals surface area contributed by atoms with Gasteiger partial charge in [-0.3, -0.25) is 9.59 Å². The summed E-state index contributed by atoms with van der Waals surface area (Å²) in [5.74, 6) is 0.0782. The minimum atomic E-state index is -0.00377. The first-order valence-corrected chi connectivity index (χ1v) is 9.17. The minimum Gasteiger partial charge on any atom is -0.338 e. The summed E-state index contributed by atoms with van der Waals surface area (Å²) >= 11 is 0. The number of aryl methyl sites for hydroxylation is 1. The van der Waals surface area contributed by atoms with Crippen molar-refractivity contribution >= 4 is 17.5 Å². The second-order valence-corrected chi connectivity index (χ2v) is 7.06. The summed E-state index contributed by atoms with van der Waals surface area (Å²) < 4.78 is 0. The third-order valence-corrected chi connectivity index (χ3v) is 5.14. The molecule has 2 aromatic carbocycles. The summed E-state index contributed by atoms with van der Waals surface area (Å²) in [7, 11) is 0. The molecular weight excluding hydrogens is 324 g/mol. The van der Waals surface area contributed by atoms with Crippen molar-refractivity contribution in [1.82, 2.24) is 4.90 Å². The maximum absolute atomic E-state index is 12.9. The number of amides is 2. The Morgan fingerprint density at radius 2 is 1.81 bits per heavy atom. The van der Waals surface area contributed by atoms with Crippen LogP contribution in [0.3, 0.4) is 0 Å². The molecule has 0 aliphatic carbocycles. The van der Waals surface area contributed by atoms with E-state index in [-0.39, 0.29) is 17.9 Å². The van der Waals surface area contributed by atoms with Crippen molar-refractivity contribution in [2.45, 2.75) is 46.2 Å². The van der Waals surface area contributed by atoms with Crippen LogP contribution in [-0.2, 0) is 22.6 Å². The summed E-state index contributed by atoms with van der Waals surface area (Å²) in [4.78, 5) is 28.6. The van der Waals surface area contributed by atoms with Crippen LogP contribution in [0.15, 0.2) is 48.5 Å². The molecule has 136 valence electrons. The molecule has 0 aromatic heterocycles. The molecule has 0 bridgehead atoms. The molecule has 1 heterocycles. The van der Waals surface area contributed by atoms with Gasteiger partial charge in [0.2, 0.25) is 11.8 Å². The Labute approximate surface area is 155 Å². The largest absolute Gasteiger partial charge is 0.338 e. The summed E-state index contributed by atoms with van der Waals surface area (Å²) in [6.45, 7) is 6.67. The Bertz CT molecular complexity index is 815. The third kappa shape index (κ3) is 3.79. The Hall–Kier alpha value is -2.62. The Morgan fingerprint density at radius 1 is 1.12 bits per heavy atom. The molecule has 0 radical (unpaired) electrons. The van der Waals surface area contributed by atoms with Crippen LogP contribution in [0.1, 0.15) is 37.0 Å². The molecule has 1 atom stereocenters. The third-order valence-electron chi connectivity index (χ3n) is 5.14. The van der Waals surface area contributed by atoms with E-state index in [2.05, 4.69) is 13.0 Å². The number of benzene rings is 2. The quantitative estimate of drug-likeness (QED) is 0.825. The molecule has 1 aliphatic heterocycles. The summed E-state index contributed by atoms with van der Waals surface area (Å²) in [6, 6.07) is 16.3. The van der Waals surface area contributed by atoms with Crippen LogP contribution in [0, 0.1) is 6.92 Å². The van der Waals surface area contributed by atoms with E-state index in [4.69, 9.17) is 0 Å². The molecule has 0 fully saturated rings. The summed E-state index contributed by atoms with van der Waals surface area (Å²) in [5.41, 5.74) is 4.51. The van der Waals surface area contributed by atoms with E-state index in [1.807, 2.05) is 54.3 Å². The maximum Gasteiger partial charge on any atom is 0.229 e. The van der Waals surface area contributed by atoms with Gasteiger partial charge < -0.3 is 9.80 Å². The van der Waals surface area contributed by atoms with Gasteiger partial charge >= 0.3 is 0 Å². The molecule has 0 saturated heterocycles. The van der Waals surface area contributed by atoms with Crippen molar-refractivity contribution in [1.29, 1.82) is 0 Å². The lowest BCUT2D eigenvalue weighted by molar-refractivity contribution is -0.130. The van der Waals surface area contributed by atoms with Crippen molar-refractivity contribution in [2.24, 2.45) is 0 Å². The highest BCUT2D eigenvalue weighted by atomic mass is 16.2. The van der Waals surface area contributed by atoms with E-state index < -0.39 is 0 Å². The number of nitrogens with zero attached hydrogens (tertiary/aromatic N) is 2. The number of fused-ring (bicyclic) bond motifs is 1. The lowest BCUT2D eigenvalue weighted by Crippen LogP contribution is -2.39. The van der Waals surface area contributed by atoms with Crippen LogP contribution in [0.5, 0.6) is 0 Å². The van der Waals surface area contributed by atoms with Crippen LogP contribution >= 0.6 is 0 Å². The molecule has 4 heteroatoms. The number of para-hydroxylation sites is 1. The lowest BCUT2D eigenvalue weighted by Gasteiger charge is -2.26. The topological polar surface area (TPSA) is 40.6 Å². The molecular formula is C22H26N2O2. The normalized spacial score (nSPS) is 15.7. The molecule has 0 N–H and O–H groups in total. The number of hydrogen-bond acceptors (Lipinski definition) is 2. The van der Waals surface area contributed by atoms with Gasteiger partial charge in [-0.25, -0.2) is 0 Å². The van der Waals surface area contributed by atoms with Gasteiger partial charge in [0.05, 0.1) is 0 Å². The van der Waals surface area contributed by atoms with E-state index in [1.165, 1.54) is 5.56 Å². The number of rotatable bonds is 5. The fourth-order valence-electron chi connectivity index (χ4n) is 3.64. The Kier molecular flexibility index (Phi) is 5.40. The molecule has 3 rings (SSSR count). The van der Waals surface area contributed by atoms with Crippen LogP contribution in [-0.4, -0.2) is 29.3 Å². The van der Waals surface area contributed by atoms with Gasteiger partial charge in [-0.05, 0) is 43.0 Å². The fourth-order valence-corrected chi connectivity index (χ4v) is 3.64. The molecule has 26 heavy (non-hydrogen) atoms. The van der Waals surface area contributed by atoms with E-state index in [0.717, 1.165) is 23.2 Å². The molecule has 0 spiro atoms. The molecule has 4 nitrogen and oxygen atoms in total. The predicted octanol–water partition coefficient (Wildman–Crippen LogP) is 3.71. The lowest BCUT2D eigenvalue weighted by atomic mass is 10.1. The van der Waals surface area contributed by atoms with Crippen molar-refractivity contribution in [3.8, 4) is 0 Å². The minimum absolute atomic E-state index is 0.00377. The number of carbonyl (C=O) groups is 2. The molecule has 1 unspecified atom stereocenters. The molecule has 1 aliphatic rings. The Morgan fingerprint density at radius 3 is 2.54 bits per heavy atom. The van der Waals surface area contributed by atoms with Crippen LogP contribution in [0.4, 0.5) is 5.69 Å². The summed E-state index contributed by atoms with van der Waals surface area (Å²) in [5, 5.41) is 0. The van der Waals surface area contributed by atoms with E-state index in [9.17, 15) is 9.59 Å². The SMILES string of the molecule is CC(=O)N(CCC(=O)N1c2ccccc2CC1C)Cc1ccccc1C. The van der Waals surface area contributed by atoms with Crippen LogP contribution < -0.4 is 4.90 Å². The van der Waals surface area contributed by atoms with E-state index >= 15 is 0 Å². The average molecular weight is 350 g/mol. The van der Waals surface area contributed by atoms with Gasteiger partial charge in [-0.1, -0.05) is 42.5 Å². The van der Waals surface area contributed by atoms with Gasteiger partial charge in [0.15, 0.2) is 0 Å². The number of anilines is 1. The standard InChI is InChI=1S/C22H26N2O2/c1-16-8-4-5-10-20(16)15-23(18(3)25)13-12-22(26)24-17(2)14-19-9-6-7-11-21(19)24/h4-11,17H,12-15H2,1-3H3. The van der Waals surface area contributed by atoms with Crippen LogP contribution in [0.2, 0.25) is 0 Å². The monoisotopic (exact) mass is 350 g/mol. The maximum atomic E-state index is 12.9. The van der Waals surface area contributed by atoms with Crippen molar-refractivity contribution in [3.63, 3.8) is 0 Å². The zero-order valence-corrected chi connectivity index (χ0v) is 15.7. The highest BCUT2D eigenvalue weighted by Gasteiger charge is 2.30. The zero-order valence-electron chi connectivity index (χ0n) is 15.7. The van der Waals surface area contributed by atoms with Gasteiger partial charge in [0, 0.05) is 38.2 Å².